The number of hydrogen-bond acceptors (Lipinski definition) is 11. The van der Waals surface area contributed by atoms with Crippen LogP contribution < -0.4 is 21.7 Å². The van der Waals surface area contributed by atoms with Crippen LogP contribution in [0.15, 0.2) is 36.9 Å². The number of aromatic nitrogens is 4. The molecule has 4 rings (SSSR count). The van der Waals surface area contributed by atoms with Crippen LogP contribution in [0.25, 0.3) is 11.2 Å². The molecule has 0 spiro atoms. The molecule has 1 aromatic carbocycles. The number of nitrogens with zero attached hydrogens (tertiary/aromatic N) is 4. The van der Waals surface area contributed by atoms with E-state index >= 15 is 0 Å². The summed E-state index contributed by atoms with van der Waals surface area (Å²) in [6.07, 6.45) is -1.91. The van der Waals surface area contributed by atoms with Gasteiger partial charge in [0.25, 0.3) is 0 Å². The molecule has 12 nitrogen and oxygen atoms in total. The Morgan fingerprint density at radius 2 is 1.83 bits per heavy atom. The van der Waals surface area contributed by atoms with Crippen molar-refractivity contribution in [1.82, 2.24) is 30.2 Å². The molecule has 1 fully saturated rings. The van der Waals surface area contributed by atoms with Gasteiger partial charge in [-0.15, -0.1) is 0 Å². The van der Waals surface area contributed by atoms with Crippen LogP contribution in [0.3, 0.4) is 0 Å². The molecule has 3 heterocycles. The van der Waals surface area contributed by atoms with E-state index in [1.807, 2.05) is 24.3 Å². The predicted molar refractivity (Wildman–Crippen MR) is 131 cm³/mol. The van der Waals surface area contributed by atoms with Crippen molar-refractivity contribution in [2.75, 3.05) is 30.7 Å². The third-order valence-corrected chi connectivity index (χ3v) is 6.04. The normalized spacial score (nSPS) is 23.6. The highest BCUT2D eigenvalue weighted by atomic mass is 16.6. The fraction of sp³-hybridized carbons (Fsp3) is 0.522. The summed E-state index contributed by atoms with van der Waals surface area (Å²) in [5, 5.41) is 40.3. The molecular formula is C23H34N8O4. The second kappa shape index (κ2) is 10.4. The number of nitrogens with two attached hydrogens (primary N) is 1. The molecule has 190 valence electrons. The topological polar surface area (TPSA) is 176 Å². The number of nitrogens with one attached hydrogen (secondary N) is 3. The highest BCUT2D eigenvalue weighted by molar-refractivity contribution is 5.81. The van der Waals surface area contributed by atoms with Crippen LogP contribution in [-0.4, -0.2) is 79.1 Å². The number of rotatable bonds is 9. The Morgan fingerprint density at radius 1 is 1.09 bits per heavy atom. The average Bonchev–Trinajstić information content (AvgIpc) is 3.36. The molecule has 2 aromatic heterocycles. The van der Waals surface area contributed by atoms with Gasteiger partial charge in [0.2, 0.25) is 0 Å². The van der Waals surface area contributed by atoms with Gasteiger partial charge in [-0.25, -0.2) is 15.0 Å². The molecular weight excluding hydrogens is 452 g/mol. The minimum Gasteiger partial charge on any atom is -0.387 e. The van der Waals surface area contributed by atoms with Crippen molar-refractivity contribution in [1.29, 1.82) is 0 Å². The lowest BCUT2D eigenvalue weighted by molar-refractivity contribution is -0.0341. The Kier molecular flexibility index (Phi) is 7.50. The van der Waals surface area contributed by atoms with E-state index in [2.05, 4.69) is 51.7 Å². The third-order valence-electron chi connectivity index (χ3n) is 6.04. The molecule has 0 amide bonds. The molecule has 12 heteroatoms. The van der Waals surface area contributed by atoms with Crippen LogP contribution in [0.1, 0.15) is 32.6 Å². The fourth-order valence-corrected chi connectivity index (χ4v) is 4.00. The van der Waals surface area contributed by atoms with Gasteiger partial charge in [-0.05, 0) is 23.1 Å². The van der Waals surface area contributed by atoms with Crippen molar-refractivity contribution in [3.63, 3.8) is 0 Å². The zero-order valence-corrected chi connectivity index (χ0v) is 20.1. The number of nitrogen functional groups attached to an aromatic ring is 1. The molecule has 0 bridgehead atoms. The molecule has 0 saturated carbocycles. The largest absolute Gasteiger partial charge is 0.387 e. The Morgan fingerprint density at radius 3 is 2.54 bits per heavy atom. The van der Waals surface area contributed by atoms with Gasteiger partial charge >= 0.3 is 0 Å². The van der Waals surface area contributed by atoms with Crippen LogP contribution in [0.5, 0.6) is 0 Å². The molecule has 0 aliphatic carbocycles. The van der Waals surface area contributed by atoms with E-state index in [1.165, 1.54) is 18.2 Å². The van der Waals surface area contributed by atoms with E-state index in [0.29, 0.717) is 30.8 Å². The number of hydrogen-bond donors (Lipinski definition) is 7. The van der Waals surface area contributed by atoms with Gasteiger partial charge in [0.05, 0.1) is 6.33 Å². The summed E-state index contributed by atoms with van der Waals surface area (Å²) in [5.74, 6) is 0.228. The fourth-order valence-electron chi connectivity index (χ4n) is 4.00. The first-order valence-corrected chi connectivity index (χ1v) is 11.6. The van der Waals surface area contributed by atoms with Crippen LogP contribution in [0.2, 0.25) is 0 Å². The SMILES string of the molecule is CC(C)(C)c1ccc(NC(O)NCCNC[C@H]2O[C@@H](n3cnc4c(N)ncnc43)[C@H](O)[C@@H]2O)cc1. The summed E-state index contributed by atoms with van der Waals surface area (Å²) < 4.78 is 7.44. The molecule has 0 radical (unpaired) electrons. The maximum absolute atomic E-state index is 10.5. The van der Waals surface area contributed by atoms with Crippen molar-refractivity contribution in [2.45, 2.75) is 57.1 Å². The Hall–Kier alpha value is -2.87. The molecule has 35 heavy (non-hydrogen) atoms. The van der Waals surface area contributed by atoms with Gasteiger partial charge in [-0.3, -0.25) is 9.88 Å². The van der Waals surface area contributed by atoms with Crippen LogP contribution in [0.4, 0.5) is 11.5 Å². The van der Waals surface area contributed by atoms with E-state index in [-0.39, 0.29) is 11.2 Å². The van der Waals surface area contributed by atoms with Gasteiger partial charge in [0.1, 0.15) is 30.2 Å². The lowest BCUT2D eigenvalue weighted by atomic mass is 9.87. The quantitative estimate of drug-likeness (QED) is 0.159. The summed E-state index contributed by atoms with van der Waals surface area (Å²) in [6.45, 7) is 7.73. The number of aliphatic hydroxyl groups is 3. The van der Waals surface area contributed by atoms with E-state index in [1.54, 1.807) is 4.57 Å². The molecule has 5 atom stereocenters. The Bertz CT molecular complexity index is 1120. The number of fused-ring (bicyclic) bond motifs is 1. The van der Waals surface area contributed by atoms with Gasteiger partial charge in [0.15, 0.2) is 24.0 Å². The summed E-state index contributed by atoms with van der Waals surface area (Å²) in [6, 6.07) is 7.96. The van der Waals surface area contributed by atoms with Crippen molar-refractivity contribution in [2.24, 2.45) is 0 Å². The molecule has 8 N–H and O–H groups in total. The first-order valence-electron chi connectivity index (χ1n) is 11.6. The highest BCUT2D eigenvalue weighted by Crippen LogP contribution is 2.31. The van der Waals surface area contributed by atoms with E-state index in [9.17, 15) is 15.3 Å². The lowest BCUT2D eigenvalue weighted by Crippen LogP contribution is -2.42. The van der Waals surface area contributed by atoms with Gasteiger partial charge < -0.3 is 36.4 Å². The van der Waals surface area contributed by atoms with Crippen molar-refractivity contribution in [3.05, 3.63) is 42.5 Å². The minimum absolute atomic E-state index is 0.0721. The zero-order valence-electron chi connectivity index (χ0n) is 20.1. The predicted octanol–water partition coefficient (Wildman–Crippen LogP) is -0.108. The van der Waals surface area contributed by atoms with Crippen molar-refractivity contribution in [3.8, 4) is 0 Å². The Labute approximate surface area is 203 Å². The third kappa shape index (κ3) is 5.69. The first-order chi connectivity index (χ1) is 16.6. The van der Waals surface area contributed by atoms with Gasteiger partial charge in [-0.1, -0.05) is 32.9 Å². The number of benzene rings is 1. The molecule has 1 aliphatic heterocycles. The summed E-state index contributed by atoms with van der Waals surface area (Å²) in [4.78, 5) is 12.2. The van der Waals surface area contributed by atoms with Crippen LogP contribution in [0, 0.1) is 0 Å². The van der Waals surface area contributed by atoms with E-state index in [4.69, 9.17) is 10.5 Å². The van der Waals surface area contributed by atoms with E-state index < -0.39 is 30.9 Å². The summed E-state index contributed by atoms with van der Waals surface area (Å²) in [7, 11) is 0. The molecule has 1 aliphatic rings. The number of ether oxygens (including phenoxy) is 1. The highest BCUT2D eigenvalue weighted by Gasteiger charge is 2.44. The smallest absolute Gasteiger partial charge is 0.181 e. The first kappa shape index (κ1) is 25.2. The number of aliphatic hydroxyl groups excluding tert-OH is 3. The summed E-state index contributed by atoms with van der Waals surface area (Å²) >= 11 is 0. The maximum Gasteiger partial charge on any atom is 0.181 e. The number of imidazole rings is 1. The number of anilines is 2. The van der Waals surface area contributed by atoms with Crippen molar-refractivity contribution >= 4 is 22.7 Å². The van der Waals surface area contributed by atoms with Crippen molar-refractivity contribution < 1.29 is 20.1 Å². The minimum atomic E-state index is -1.16. The molecule has 1 unspecified atom stereocenters. The van der Waals surface area contributed by atoms with Gasteiger partial charge in [0, 0.05) is 25.3 Å². The van der Waals surface area contributed by atoms with Gasteiger partial charge in [-0.2, -0.15) is 0 Å². The second-order valence-electron chi connectivity index (χ2n) is 9.66. The second-order valence-corrected chi connectivity index (χ2v) is 9.66. The standard InChI is InChI=1S/C23H34N8O4/c1-23(2,3)13-4-6-14(7-5-13)30-22(34)26-9-8-25-10-15-17(32)18(33)21(35-15)31-12-29-16-19(24)27-11-28-20(16)31/h4-7,11-12,15,17-18,21-22,25-26,30,32-34H,8-10H2,1-3H3,(H2,24,27,28)/t15-,17-,18-,21-,22?/m1/s1. The molecule has 1 saturated heterocycles. The van der Waals surface area contributed by atoms with Crippen LogP contribution >= 0.6 is 0 Å². The molecule has 3 aromatic rings. The Balaban J connectivity index is 1.21. The average molecular weight is 487 g/mol. The zero-order chi connectivity index (χ0) is 25.2. The maximum atomic E-state index is 10.5. The van der Waals surface area contributed by atoms with Crippen LogP contribution in [-0.2, 0) is 10.2 Å². The lowest BCUT2D eigenvalue weighted by Gasteiger charge is -2.21. The van der Waals surface area contributed by atoms with E-state index in [0.717, 1.165) is 5.69 Å². The monoisotopic (exact) mass is 486 g/mol. The summed E-state index contributed by atoms with van der Waals surface area (Å²) in [5.41, 5.74) is 8.75.